The summed E-state index contributed by atoms with van der Waals surface area (Å²) >= 11 is 0. The van der Waals surface area contributed by atoms with Crippen molar-refractivity contribution in [3.05, 3.63) is 35.9 Å². The second-order valence-corrected chi connectivity index (χ2v) is 3.91. The average molecular weight is 262 g/mol. The van der Waals surface area contributed by atoms with Crippen LogP contribution in [0.4, 0.5) is 21.7 Å². The zero-order valence-electron chi connectivity index (χ0n) is 11.0. The third kappa shape index (κ3) is 3.09. The van der Waals surface area contributed by atoms with Crippen molar-refractivity contribution in [2.24, 2.45) is 0 Å². The number of hydrogen-bond donors (Lipinski definition) is 2. The minimum Gasteiger partial charge on any atom is -0.497 e. The van der Waals surface area contributed by atoms with Crippen molar-refractivity contribution in [1.82, 2.24) is 9.97 Å². The molecule has 0 amide bonds. The summed E-state index contributed by atoms with van der Waals surface area (Å²) in [4.78, 5) is 8.37. The van der Waals surface area contributed by atoms with Gasteiger partial charge in [-0.1, -0.05) is 0 Å². The zero-order valence-corrected chi connectivity index (χ0v) is 11.0. The van der Waals surface area contributed by atoms with Crippen LogP contribution in [0.3, 0.4) is 0 Å². The highest BCUT2D eigenvalue weighted by molar-refractivity contribution is 5.61. The Bertz CT molecular complexity index is 589. The summed E-state index contributed by atoms with van der Waals surface area (Å²) in [6.45, 7) is 1.77. The molecule has 1 heterocycles. The molecule has 0 saturated heterocycles. The Morgan fingerprint density at radius 3 is 2.58 bits per heavy atom. The fraction of sp³-hybridized carbons (Fsp3) is 0.231. The van der Waals surface area contributed by atoms with Crippen LogP contribution in [0, 0.1) is 12.7 Å². The fourth-order valence-electron chi connectivity index (χ4n) is 1.62. The van der Waals surface area contributed by atoms with Gasteiger partial charge in [-0.3, -0.25) is 0 Å². The molecular weight excluding hydrogens is 247 g/mol. The number of methoxy groups -OCH3 is 1. The summed E-state index contributed by atoms with van der Waals surface area (Å²) in [5.74, 6) is 1.98. The van der Waals surface area contributed by atoms with E-state index < -0.39 is 0 Å². The molecule has 2 rings (SSSR count). The van der Waals surface area contributed by atoms with Crippen LogP contribution in [0.2, 0.25) is 0 Å². The van der Waals surface area contributed by atoms with E-state index in [2.05, 4.69) is 20.6 Å². The van der Waals surface area contributed by atoms with Crippen molar-refractivity contribution in [2.45, 2.75) is 6.92 Å². The van der Waals surface area contributed by atoms with Gasteiger partial charge in [0.15, 0.2) is 0 Å². The number of ether oxygens (including phenoxy) is 1. The van der Waals surface area contributed by atoms with Gasteiger partial charge in [0.1, 0.15) is 29.0 Å². The number of aromatic nitrogens is 2. The molecule has 0 spiro atoms. The van der Waals surface area contributed by atoms with E-state index in [0.717, 1.165) is 0 Å². The average Bonchev–Trinajstić information content (AvgIpc) is 2.40. The first-order valence-electron chi connectivity index (χ1n) is 5.76. The molecule has 6 heteroatoms. The molecule has 100 valence electrons. The van der Waals surface area contributed by atoms with Crippen LogP contribution in [0.1, 0.15) is 5.82 Å². The summed E-state index contributed by atoms with van der Waals surface area (Å²) in [5.41, 5.74) is 0.305. The Balaban J connectivity index is 2.32. The van der Waals surface area contributed by atoms with Gasteiger partial charge in [-0.05, 0) is 19.1 Å². The van der Waals surface area contributed by atoms with Crippen LogP contribution in [0.25, 0.3) is 0 Å². The van der Waals surface area contributed by atoms with Crippen molar-refractivity contribution >= 4 is 17.3 Å². The van der Waals surface area contributed by atoms with E-state index in [1.165, 1.54) is 13.2 Å². The number of nitrogens with zero attached hydrogens (tertiary/aromatic N) is 2. The topological polar surface area (TPSA) is 59.1 Å². The molecule has 0 fully saturated rings. The van der Waals surface area contributed by atoms with Gasteiger partial charge >= 0.3 is 0 Å². The van der Waals surface area contributed by atoms with E-state index >= 15 is 0 Å². The van der Waals surface area contributed by atoms with Gasteiger partial charge in [0.05, 0.1) is 12.8 Å². The second kappa shape index (κ2) is 5.51. The van der Waals surface area contributed by atoms with Gasteiger partial charge in [-0.2, -0.15) is 0 Å². The van der Waals surface area contributed by atoms with Crippen LogP contribution in [0.15, 0.2) is 24.3 Å². The number of benzene rings is 1. The van der Waals surface area contributed by atoms with Gasteiger partial charge in [0, 0.05) is 19.2 Å². The maximum Gasteiger partial charge on any atom is 0.146 e. The van der Waals surface area contributed by atoms with Crippen molar-refractivity contribution in [1.29, 1.82) is 0 Å². The SMILES string of the molecule is CNc1cc(Nc2cc(OC)ccc2F)nc(C)n1. The molecule has 0 atom stereocenters. The third-order valence-electron chi connectivity index (χ3n) is 2.53. The number of hydrogen-bond acceptors (Lipinski definition) is 5. The quantitative estimate of drug-likeness (QED) is 0.887. The Morgan fingerprint density at radius 1 is 1.16 bits per heavy atom. The van der Waals surface area contributed by atoms with Gasteiger partial charge in [0.25, 0.3) is 0 Å². The number of rotatable bonds is 4. The molecule has 0 aliphatic carbocycles. The van der Waals surface area contributed by atoms with E-state index in [4.69, 9.17) is 4.74 Å². The number of nitrogens with one attached hydrogen (secondary N) is 2. The summed E-state index contributed by atoms with van der Waals surface area (Å²) in [6.07, 6.45) is 0. The molecule has 2 aromatic rings. The maximum atomic E-state index is 13.7. The van der Waals surface area contributed by atoms with Crippen molar-refractivity contribution in [2.75, 3.05) is 24.8 Å². The molecule has 5 nitrogen and oxygen atoms in total. The van der Waals surface area contributed by atoms with E-state index in [1.54, 1.807) is 32.2 Å². The first-order valence-corrected chi connectivity index (χ1v) is 5.76. The lowest BCUT2D eigenvalue weighted by molar-refractivity contribution is 0.414. The lowest BCUT2D eigenvalue weighted by atomic mass is 10.3. The highest BCUT2D eigenvalue weighted by Gasteiger charge is 2.07. The van der Waals surface area contributed by atoms with E-state index in [9.17, 15) is 4.39 Å². The Labute approximate surface area is 110 Å². The first kappa shape index (κ1) is 13.1. The zero-order chi connectivity index (χ0) is 13.8. The summed E-state index contributed by atoms with van der Waals surface area (Å²) in [7, 11) is 3.29. The molecule has 0 bridgehead atoms. The highest BCUT2D eigenvalue weighted by Crippen LogP contribution is 2.24. The minimum absolute atomic E-state index is 0.305. The molecule has 0 unspecified atom stereocenters. The highest BCUT2D eigenvalue weighted by atomic mass is 19.1. The van der Waals surface area contributed by atoms with E-state index in [0.29, 0.717) is 28.9 Å². The lowest BCUT2D eigenvalue weighted by Gasteiger charge is -2.10. The first-order chi connectivity index (χ1) is 9.12. The van der Waals surface area contributed by atoms with E-state index in [1.807, 2.05) is 0 Å². The molecule has 0 aliphatic rings. The van der Waals surface area contributed by atoms with Crippen LogP contribution < -0.4 is 15.4 Å². The minimum atomic E-state index is -0.372. The standard InChI is InChI=1S/C13H15FN4O/c1-8-16-12(15-2)7-13(17-8)18-11-6-9(19-3)4-5-10(11)14/h4-7H,1-3H3,(H2,15,16,17,18). The Morgan fingerprint density at radius 2 is 1.89 bits per heavy atom. The third-order valence-corrected chi connectivity index (χ3v) is 2.53. The number of halogens is 1. The molecule has 1 aromatic carbocycles. The molecule has 1 aromatic heterocycles. The Hall–Kier alpha value is -2.37. The monoisotopic (exact) mass is 262 g/mol. The van der Waals surface area contributed by atoms with Gasteiger partial charge < -0.3 is 15.4 Å². The van der Waals surface area contributed by atoms with Crippen LogP contribution in [-0.2, 0) is 0 Å². The molecule has 2 N–H and O–H groups in total. The molecule has 0 saturated carbocycles. The molecule has 19 heavy (non-hydrogen) atoms. The smallest absolute Gasteiger partial charge is 0.146 e. The summed E-state index contributed by atoms with van der Waals surface area (Å²) in [6, 6.07) is 6.18. The molecule has 0 radical (unpaired) electrons. The molecular formula is C13H15FN4O. The van der Waals surface area contributed by atoms with Crippen molar-refractivity contribution in [3.63, 3.8) is 0 Å². The second-order valence-electron chi connectivity index (χ2n) is 3.91. The van der Waals surface area contributed by atoms with Crippen LogP contribution in [-0.4, -0.2) is 24.1 Å². The Kier molecular flexibility index (Phi) is 3.79. The van der Waals surface area contributed by atoms with E-state index in [-0.39, 0.29) is 5.82 Å². The lowest BCUT2D eigenvalue weighted by Crippen LogP contribution is -2.02. The number of anilines is 3. The van der Waals surface area contributed by atoms with Crippen LogP contribution in [0.5, 0.6) is 5.75 Å². The van der Waals surface area contributed by atoms with Crippen LogP contribution >= 0.6 is 0 Å². The maximum absolute atomic E-state index is 13.7. The number of aryl methyl sites for hydroxylation is 1. The summed E-state index contributed by atoms with van der Waals surface area (Å²) < 4.78 is 18.8. The summed E-state index contributed by atoms with van der Waals surface area (Å²) in [5, 5.41) is 5.84. The van der Waals surface area contributed by atoms with Gasteiger partial charge in [-0.25, -0.2) is 14.4 Å². The molecule has 0 aliphatic heterocycles. The van der Waals surface area contributed by atoms with Gasteiger partial charge in [0.2, 0.25) is 0 Å². The van der Waals surface area contributed by atoms with Gasteiger partial charge in [-0.15, -0.1) is 0 Å². The van der Waals surface area contributed by atoms with Crippen molar-refractivity contribution < 1.29 is 9.13 Å². The predicted molar refractivity (Wildman–Crippen MR) is 72.6 cm³/mol. The predicted octanol–water partition coefficient (Wildman–Crippen LogP) is 2.72. The largest absolute Gasteiger partial charge is 0.497 e. The normalized spacial score (nSPS) is 10.1. The fourth-order valence-corrected chi connectivity index (χ4v) is 1.62. The van der Waals surface area contributed by atoms with Crippen molar-refractivity contribution in [3.8, 4) is 5.75 Å².